The molecular formula is C19H20N2O4S. The fourth-order valence-corrected chi connectivity index (χ4v) is 3.36. The Hall–Kier alpha value is -2.67. The van der Waals surface area contributed by atoms with Gasteiger partial charge in [-0.05, 0) is 37.6 Å². The summed E-state index contributed by atoms with van der Waals surface area (Å²) in [5, 5.41) is 4.95. The predicted octanol–water partition coefficient (Wildman–Crippen LogP) is 3.52. The van der Waals surface area contributed by atoms with Crippen molar-refractivity contribution >= 4 is 29.4 Å². The van der Waals surface area contributed by atoms with Crippen molar-refractivity contribution in [1.82, 2.24) is 5.32 Å². The van der Waals surface area contributed by atoms with E-state index in [1.807, 2.05) is 26.0 Å². The van der Waals surface area contributed by atoms with E-state index in [4.69, 9.17) is 9.47 Å². The molecule has 7 heteroatoms. The highest BCUT2D eigenvalue weighted by atomic mass is 32.2. The van der Waals surface area contributed by atoms with E-state index < -0.39 is 6.03 Å². The van der Waals surface area contributed by atoms with Crippen molar-refractivity contribution in [2.45, 2.75) is 18.7 Å². The maximum Gasteiger partial charge on any atom is 0.325 e. The molecule has 0 saturated carbocycles. The van der Waals surface area contributed by atoms with Gasteiger partial charge in [0.25, 0.3) is 0 Å². The van der Waals surface area contributed by atoms with E-state index in [1.165, 1.54) is 17.3 Å². The minimum Gasteiger partial charge on any atom is -0.486 e. The number of aryl methyl sites for hydroxylation is 2. The summed E-state index contributed by atoms with van der Waals surface area (Å²) in [6, 6.07) is 10.6. The first-order chi connectivity index (χ1) is 12.5. The smallest absolute Gasteiger partial charge is 0.325 e. The van der Waals surface area contributed by atoms with Gasteiger partial charge in [0.15, 0.2) is 11.5 Å². The second-order valence-corrected chi connectivity index (χ2v) is 6.94. The van der Waals surface area contributed by atoms with Gasteiger partial charge in [0.2, 0.25) is 5.91 Å². The number of benzene rings is 2. The monoisotopic (exact) mass is 372 g/mol. The molecule has 1 aliphatic heterocycles. The number of hydrogen-bond acceptors (Lipinski definition) is 5. The molecule has 6 nitrogen and oxygen atoms in total. The summed E-state index contributed by atoms with van der Waals surface area (Å²) in [6.45, 7) is 5.00. The summed E-state index contributed by atoms with van der Waals surface area (Å²) >= 11 is 1.40. The molecule has 2 aromatic carbocycles. The Labute approximate surface area is 156 Å². The quantitative estimate of drug-likeness (QED) is 0.803. The van der Waals surface area contributed by atoms with Crippen LogP contribution in [0.25, 0.3) is 0 Å². The van der Waals surface area contributed by atoms with Gasteiger partial charge < -0.3 is 14.8 Å². The molecular weight excluding hydrogens is 352 g/mol. The number of carbonyl (C=O) groups excluding carboxylic acids is 2. The van der Waals surface area contributed by atoms with Gasteiger partial charge in [-0.2, -0.15) is 0 Å². The lowest BCUT2D eigenvalue weighted by molar-refractivity contribution is -0.117. The summed E-state index contributed by atoms with van der Waals surface area (Å²) in [5.74, 6) is 1.03. The highest BCUT2D eigenvalue weighted by Gasteiger charge is 2.14. The van der Waals surface area contributed by atoms with Crippen LogP contribution in [0.15, 0.2) is 41.3 Å². The van der Waals surface area contributed by atoms with Gasteiger partial charge >= 0.3 is 6.03 Å². The van der Waals surface area contributed by atoms with Gasteiger partial charge in [0.1, 0.15) is 13.2 Å². The first-order valence-electron chi connectivity index (χ1n) is 8.22. The van der Waals surface area contributed by atoms with Crippen molar-refractivity contribution < 1.29 is 19.1 Å². The van der Waals surface area contributed by atoms with Crippen molar-refractivity contribution in [3.8, 4) is 11.5 Å². The van der Waals surface area contributed by atoms with Crippen molar-refractivity contribution in [3.63, 3.8) is 0 Å². The molecule has 3 rings (SSSR count). The number of rotatable bonds is 4. The zero-order valence-electron chi connectivity index (χ0n) is 14.6. The molecule has 0 saturated heterocycles. The van der Waals surface area contributed by atoms with Crippen LogP contribution in [0.2, 0.25) is 0 Å². The molecule has 0 atom stereocenters. The minimum absolute atomic E-state index is 0.165. The summed E-state index contributed by atoms with van der Waals surface area (Å²) in [4.78, 5) is 25.0. The molecule has 2 N–H and O–H groups in total. The topological polar surface area (TPSA) is 76.7 Å². The molecule has 1 aliphatic rings. The SMILES string of the molecule is Cc1ccc(SCC(=O)NC(=O)Nc2ccc3c(c2)OCCO3)c(C)c1. The second-order valence-electron chi connectivity index (χ2n) is 5.92. The molecule has 1 heterocycles. The lowest BCUT2D eigenvalue weighted by Crippen LogP contribution is -2.35. The number of carbonyl (C=O) groups is 2. The summed E-state index contributed by atoms with van der Waals surface area (Å²) < 4.78 is 10.9. The van der Waals surface area contributed by atoms with Crippen molar-refractivity contribution in [2.24, 2.45) is 0 Å². The third-order valence-electron chi connectivity index (χ3n) is 3.74. The molecule has 0 spiro atoms. The van der Waals surface area contributed by atoms with Gasteiger partial charge in [0, 0.05) is 16.6 Å². The van der Waals surface area contributed by atoms with Crippen LogP contribution in [0.3, 0.4) is 0 Å². The predicted molar refractivity (Wildman–Crippen MR) is 101 cm³/mol. The lowest BCUT2D eigenvalue weighted by Gasteiger charge is -2.19. The molecule has 0 aromatic heterocycles. The van der Waals surface area contributed by atoms with E-state index in [2.05, 4.69) is 16.7 Å². The number of anilines is 1. The highest BCUT2D eigenvalue weighted by Crippen LogP contribution is 2.32. The van der Waals surface area contributed by atoms with Crippen LogP contribution in [0, 0.1) is 13.8 Å². The van der Waals surface area contributed by atoms with E-state index in [0.29, 0.717) is 30.4 Å². The van der Waals surface area contributed by atoms with Crippen LogP contribution < -0.4 is 20.1 Å². The standard InChI is InChI=1S/C19H20N2O4S/c1-12-3-6-17(13(2)9-12)26-11-18(22)21-19(23)20-14-4-5-15-16(10-14)25-8-7-24-15/h3-6,9-10H,7-8,11H2,1-2H3,(H2,20,21,22,23). The number of nitrogens with one attached hydrogen (secondary N) is 2. The van der Waals surface area contributed by atoms with E-state index >= 15 is 0 Å². The summed E-state index contributed by atoms with van der Waals surface area (Å²) in [6.07, 6.45) is 0. The number of fused-ring (bicyclic) bond motifs is 1. The number of ether oxygens (including phenoxy) is 2. The third-order valence-corrected chi connectivity index (χ3v) is 4.92. The zero-order chi connectivity index (χ0) is 18.5. The normalized spacial score (nSPS) is 12.4. The van der Waals surface area contributed by atoms with Crippen molar-refractivity contribution in [3.05, 3.63) is 47.5 Å². The fourth-order valence-electron chi connectivity index (χ4n) is 2.55. The van der Waals surface area contributed by atoms with Crippen LogP contribution in [0.1, 0.15) is 11.1 Å². The van der Waals surface area contributed by atoms with Gasteiger partial charge in [0.05, 0.1) is 5.75 Å². The average molecular weight is 372 g/mol. The molecule has 0 fully saturated rings. The molecule has 0 bridgehead atoms. The van der Waals surface area contributed by atoms with E-state index in [1.54, 1.807) is 18.2 Å². The summed E-state index contributed by atoms with van der Waals surface area (Å²) in [7, 11) is 0. The molecule has 2 aromatic rings. The van der Waals surface area contributed by atoms with Gasteiger partial charge in [-0.3, -0.25) is 10.1 Å². The Morgan fingerprint density at radius 1 is 1.04 bits per heavy atom. The number of hydrogen-bond donors (Lipinski definition) is 2. The first-order valence-corrected chi connectivity index (χ1v) is 9.20. The fraction of sp³-hybridized carbons (Fsp3) is 0.263. The van der Waals surface area contributed by atoms with E-state index in [-0.39, 0.29) is 11.7 Å². The third kappa shape index (κ3) is 4.70. The largest absolute Gasteiger partial charge is 0.486 e. The Bertz CT molecular complexity index is 838. The Morgan fingerprint density at radius 2 is 1.81 bits per heavy atom. The van der Waals surface area contributed by atoms with Crippen LogP contribution in [0.4, 0.5) is 10.5 Å². The Kier molecular flexibility index (Phi) is 5.68. The first kappa shape index (κ1) is 18.1. The Balaban J connectivity index is 1.50. The van der Waals surface area contributed by atoms with Gasteiger partial charge in [-0.1, -0.05) is 17.7 Å². The van der Waals surface area contributed by atoms with Crippen LogP contribution in [0.5, 0.6) is 11.5 Å². The number of urea groups is 1. The maximum atomic E-state index is 12.0. The minimum atomic E-state index is -0.576. The average Bonchev–Trinajstić information content (AvgIpc) is 2.60. The molecule has 26 heavy (non-hydrogen) atoms. The zero-order valence-corrected chi connectivity index (χ0v) is 15.4. The Morgan fingerprint density at radius 3 is 2.58 bits per heavy atom. The molecule has 0 radical (unpaired) electrons. The van der Waals surface area contributed by atoms with Gasteiger partial charge in [-0.25, -0.2) is 4.79 Å². The maximum absolute atomic E-state index is 12.0. The van der Waals surface area contributed by atoms with Crippen LogP contribution >= 0.6 is 11.8 Å². The highest BCUT2D eigenvalue weighted by molar-refractivity contribution is 8.00. The molecule has 0 unspecified atom stereocenters. The summed E-state index contributed by atoms with van der Waals surface area (Å²) in [5.41, 5.74) is 2.82. The van der Waals surface area contributed by atoms with Crippen molar-refractivity contribution in [2.75, 3.05) is 24.3 Å². The number of amides is 3. The van der Waals surface area contributed by atoms with Gasteiger partial charge in [-0.15, -0.1) is 11.8 Å². The lowest BCUT2D eigenvalue weighted by atomic mass is 10.2. The molecule has 0 aliphatic carbocycles. The molecule has 3 amide bonds. The van der Waals surface area contributed by atoms with E-state index in [0.717, 1.165) is 10.5 Å². The van der Waals surface area contributed by atoms with E-state index in [9.17, 15) is 9.59 Å². The second kappa shape index (κ2) is 8.14. The van der Waals surface area contributed by atoms with Crippen molar-refractivity contribution in [1.29, 1.82) is 0 Å². The number of thioether (sulfide) groups is 1. The van der Waals surface area contributed by atoms with Crippen LogP contribution in [-0.4, -0.2) is 30.9 Å². The number of imide groups is 1. The van der Waals surface area contributed by atoms with Crippen LogP contribution in [-0.2, 0) is 4.79 Å². The molecule has 136 valence electrons.